The summed E-state index contributed by atoms with van der Waals surface area (Å²) in [5, 5.41) is 19.3. The van der Waals surface area contributed by atoms with Gasteiger partial charge in [0, 0.05) is 26.1 Å². The minimum Gasteiger partial charge on any atom is -0.481 e. The lowest BCUT2D eigenvalue weighted by Crippen LogP contribution is -2.28. The number of carboxylic acid groups (broad SMARTS) is 1. The summed E-state index contributed by atoms with van der Waals surface area (Å²) in [6, 6.07) is 4.21. The van der Waals surface area contributed by atoms with Gasteiger partial charge in [0.25, 0.3) is 11.6 Å². The van der Waals surface area contributed by atoms with E-state index in [1.165, 1.54) is 30.1 Å². The maximum atomic E-state index is 12.1. The molecule has 0 spiro atoms. The van der Waals surface area contributed by atoms with E-state index in [2.05, 4.69) is 15.9 Å². The van der Waals surface area contributed by atoms with E-state index in [0.717, 1.165) is 0 Å². The van der Waals surface area contributed by atoms with Gasteiger partial charge in [0.1, 0.15) is 4.47 Å². The quantitative estimate of drug-likeness (QED) is 0.630. The van der Waals surface area contributed by atoms with Gasteiger partial charge in [0.2, 0.25) is 0 Å². The summed E-state index contributed by atoms with van der Waals surface area (Å²) in [4.78, 5) is 34.1. The average Bonchev–Trinajstić information content (AvgIpc) is 2.37. The molecule has 1 amide bonds. The van der Waals surface area contributed by atoms with E-state index in [4.69, 9.17) is 5.11 Å². The molecule has 0 saturated carbocycles. The molecule has 0 radical (unpaired) electrons. The van der Waals surface area contributed by atoms with Crippen LogP contribution in [0.15, 0.2) is 22.7 Å². The third kappa shape index (κ3) is 4.02. The first-order valence-electron chi connectivity index (χ1n) is 5.74. The Bertz CT molecular complexity index is 547. The molecule has 0 bridgehead atoms. The molecule has 8 heteroatoms. The van der Waals surface area contributed by atoms with Crippen LogP contribution in [0.2, 0.25) is 0 Å². The monoisotopic (exact) mass is 344 g/mol. The van der Waals surface area contributed by atoms with Crippen molar-refractivity contribution in [2.24, 2.45) is 0 Å². The van der Waals surface area contributed by atoms with Crippen molar-refractivity contribution in [2.45, 2.75) is 12.8 Å². The lowest BCUT2D eigenvalue weighted by molar-refractivity contribution is -0.385. The SMILES string of the molecule is CN(CCCC(=O)O)C(=O)c1cccc([N+](=O)[O-])c1Br. The van der Waals surface area contributed by atoms with Crippen LogP contribution in [0, 0.1) is 10.1 Å². The second-order valence-electron chi connectivity index (χ2n) is 4.12. The molecule has 1 N–H and O–H groups in total. The van der Waals surface area contributed by atoms with Crippen LogP contribution in [-0.2, 0) is 4.79 Å². The topological polar surface area (TPSA) is 101 Å². The van der Waals surface area contributed by atoms with Crippen molar-refractivity contribution >= 4 is 33.5 Å². The van der Waals surface area contributed by atoms with Crippen LogP contribution < -0.4 is 0 Å². The molecule has 0 heterocycles. The Morgan fingerprint density at radius 1 is 1.45 bits per heavy atom. The highest BCUT2D eigenvalue weighted by Gasteiger charge is 2.21. The third-order valence-electron chi connectivity index (χ3n) is 2.64. The number of carbonyl (C=O) groups is 2. The Morgan fingerprint density at radius 2 is 2.10 bits per heavy atom. The number of benzene rings is 1. The van der Waals surface area contributed by atoms with Gasteiger partial charge < -0.3 is 10.0 Å². The number of halogens is 1. The highest BCUT2D eigenvalue weighted by molar-refractivity contribution is 9.10. The molecular formula is C12H13BrN2O5. The molecule has 1 aromatic rings. The van der Waals surface area contributed by atoms with E-state index >= 15 is 0 Å². The van der Waals surface area contributed by atoms with Crippen LogP contribution in [0.3, 0.4) is 0 Å². The summed E-state index contributed by atoms with van der Waals surface area (Å²) in [6.07, 6.45) is 0.290. The number of rotatable bonds is 6. The van der Waals surface area contributed by atoms with Crippen molar-refractivity contribution in [3.63, 3.8) is 0 Å². The van der Waals surface area contributed by atoms with Crippen molar-refractivity contribution in [3.05, 3.63) is 38.3 Å². The van der Waals surface area contributed by atoms with E-state index in [9.17, 15) is 19.7 Å². The van der Waals surface area contributed by atoms with Crippen LogP contribution in [0.25, 0.3) is 0 Å². The number of nitro groups is 1. The number of carboxylic acids is 1. The Kier molecular flexibility index (Phi) is 5.63. The molecule has 0 saturated heterocycles. The molecule has 0 aliphatic rings. The molecule has 1 aromatic carbocycles. The smallest absolute Gasteiger partial charge is 0.303 e. The van der Waals surface area contributed by atoms with Crippen molar-refractivity contribution in [1.82, 2.24) is 4.90 Å². The standard InChI is InChI=1S/C12H13BrN2O5/c1-14(7-3-6-10(16)17)12(18)8-4-2-5-9(11(8)13)15(19)20/h2,4-5H,3,6-7H2,1H3,(H,16,17). The molecule has 0 atom stereocenters. The first-order valence-corrected chi connectivity index (χ1v) is 6.54. The number of hydrogen-bond acceptors (Lipinski definition) is 4. The van der Waals surface area contributed by atoms with Gasteiger partial charge in [-0.3, -0.25) is 19.7 Å². The third-order valence-corrected chi connectivity index (χ3v) is 3.47. The minimum absolute atomic E-state index is 0.0340. The molecule has 0 aliphatic carbocycles. The Hall–Kier alpha value is -1.96. The number of amides is 1. The van der Waals surface area contributed by atoms with Gasteiger partial charge in [0.05, 0.1) is 10.5 Å². The summed E-state index contributed by atoms with van der Waals surface area (Å²) in [5.74, 6) is -1.33. The summed E-state index contributed by atoms with van der Waals surface area (Å²) in [5.41, 5.74) is -0.00758. The maximum absolute atomic E-state index is 12.1. The predicted molar refractivity (Wildman–Crippen MR) is 74.6 cm³/mol. The van der Waals surface area contributed by atoms with Crippen LogP contribution >= 0.6 is 15.9 Å². The van der Waals surface area contributed by atoms with Gasteiger partial charge in [-0.1, -0.05) is 6.07 Å². The van der Waals surface area contributed by atoms with Gasteiger partial charge in [-0.2, -0.15) is 0 Å². The summed E-state index contributed by atoms with van der Waals surface area (Å²) < 4.78 is 0.125. The molecule has 0 aromatic heterocycles. The number of aliphatic carboxylic acids is 1. The largest absolute Gasteiger partial charge is 0.481 e. The van der Waals surface area contributed by atoms with Gasteiger partial charge in [-0.25, -0.2) is 0 Å². The Balaban J connectivity index is 2.84. The van der Waals surface area contributed by atoms with Crippen LogP contribution in [0.4, 0.5) is 5.69 Å². The zero-order valence-corrected chi connectivity index (χ0v) is 12.3. The predicted octanol–water partition coefficient (Wildman–Crippen LogP) is 2.29. The van der Waals surface area contributed by atoms with Crippen LogP contribution in [0.5, 0.6) is 0 Å². The van der Waals surface area contributed by atoms with E-state index in [0.29, 0.717) is 6.42 Å². The van der Waals surface area contributed by atoms with Crippen molar-refractivity contribution in [2.75, 3.05) is 13.6 Å². The van der Waals surface area contributed by atoms with Crippen LogP contribution in [0.1, 0.15) is 23.2 Å². The van der Waals surface area contributed by atoms with Gasteiger partial charge >= 0.3 is 5.97 Å². The fourth-order valence-electron chi connectivity index (χ4n) is 1.60. The second kappa shape index (κ2) is 6.99. The second-order valence-corrected chi connectivity index (χ2v) is 4.91. The Labute approximate surface area is 123 Å². The first kappa shape index (κ1) is 16.1. The lowest BCUT2D eigenvalue weighted by atomic mass is 10.1. The molecule has 20 heavy (non-hydrogen) atoms. The van der Waals surface area contributed by atoms with E-state index in [-0.39, 0.29) is 28.7 Å². The number of nitro benzene ring substituents is 1. The normalized spacial score (nSPS) is 10.1. The number of hydrogen-bond donors (Lipinski definition) is 1. The van der Waals surface area contributed by atoms with Gasteiger partial charge in [-0.05, 0) is 28.4 Å². The van der Waals surface area contributed by atoms with Crippen molar-refractivity contribution < 1.29 is 19.6 Å². The molecule has 0 fully saturated rings. The fourth-order valence-corrected chi connectivity index (χ4v) is 2.18. The molecular weight excluding hydrogens is 332 g/mol. The van der Waals surface area contributed by atoms with Crippen LogP contribution in [-0.4, -0.2) is 40.4 Å². The van der Waals surface area contributed by atoms with E-state index in [1.807, 2.05) is 0 Å². The highest BCUT2D eigenvalue weighted by Crippen LogP contribution is 2.28. The molecule has 0 aliphatic heterocycles. The Morgan fingerprint density at radius 3 is 2.65 bits per heavy atom. The number of carbonyl (C=O) groups excluding carboxylic acids is 1. The summed E-state index contributed by atoms with van der Waals surface area (Å²) in [6.45, 7) is 0.264. The van der Waals surface area contributed by atoms with Gasteiger partial charge in [-0.15, -0.1) is 0 Å². The highest BCUT2D eigenvalue weighted by atomic mass is 79.9. The zero-order chi connectivity index (χ0) is 15.3. The van der Waals surface area contributed by atoms with E-state index in [1.54, 1.807) is 0 Å². The summed E-state index contributed by atoms with van der Waals surface area (Å²) in [7, 11) is 1.52. The zero-order valence-electron chi connectivity index (χ0n) is 10.7. The van der Waals surface area contributed by atoms with Crippen molar-refractivity contribution in [3.8, 4) is 0 Å². The molecule has 1 rings (SSSR count). The average molecular weight is 345 g/mol. The lowest BCUT2D eigenvalue weighted by Gasteiger charge is -2.17. The minimum atomic E-state index is -0.928. The first-order chi connectivity index (χ1) is 9.34. The molecule has 108 valence electrons. The van der Waals surface area contributed by atoms with Crippen molar-refractivity contribution in [1.29, 1.82) is 0 Å². The van der Waals surface area contributed by atoms with E-state index < -0.39 is 16.8 Å². The number of nitrogens with zero attached hydrogens (tertiary/aromatic N) is 2. The maximum Gasteiger partial charge on any atom is 0.303 e. The molecule has 0 unspecified atom stereocenters. The molecule has 7 nitrogen and oxygen atoms in total. The fraction of sp³-hybridized carbons (Fsp3) is 0.333. The van der Waals surface area contributed by atoms with Gasteiger partial charge in [0.15, 0.2) is 0 Å². The summed E-state index contributed by atoms with van der Waals surface area (Å²) >= 11 is 3.06.